The van der Waals surface area contributed by atoms with E-state index in [0.717, 1.165) is 12.3 Å². The topological polar surface area (TPSA) is 12.5 Å². The molecule has 1 saturated carbocycles. The van der Waals surface area contributed by atoms with Crippen LogP contribution >= 0.6 is 0 Å². The van der Waals surface area contributed by atoms with Gasteiger partial charge in [0.1, 0.15) is 11.4 Å². The molecule has 2 aliphatic rings. The van der Waals surface area contributed by atoms with E-state index in [1.165, 1.54) is 24.1 Å². The first-order valence-electron chi connectivity index (χ1n) is 5.19. The molecule has 1 aromatic rings. The maximum Gasteiger partial charge on any atom is 0.143 e. The predicted molar refractivity (Wildman–Crippen MR) is 57.0 cm³/mol. The van der Waals surface area contributed by atoms with E-state index in [2.05, 4.69) is 37.1 Å². The van der Waals surface area contributed by atoms with Crippen LogP contribution in [0.1, 0.15) is 18.4 Å². The second-order valence-electron chi connectivity index (χ2n) is 4.61. The first kappa shape index (κ1) is 8.16. The van der Waals surface area contributed by atoms with E-state index in [1.54, 1.807) is 0 Å². The van der Waals surface area contributed by atoms with Crippen LogP contribution < -0.4 is 9.64 Å². The Hall–Kier alpha value is -1.18. The van der Waals surface area contributed by atoms with Gasteiger partial charge in [-0.25, -0.2) is 0 Å². The van der Waals surface area contributed by atoms with Crippen LogP contribution in [0.5, 0.6) is 5.75 Å². The van der Waals surface area contributed by atoms with Crippen molar-refractivity contribution in [2.75, 3.05) is 18.5 Å². The summed E-state index contributed by atoms with van der Waals surface area (Å²) in [4.78, 5) is 2.32. The van der Waals surface area contributed by atoms with Crippen molar-refractivity contribution in [3.8, 4) is 5.75 Å². The van der Waals surface area contributed by atoms with Gasteiger partial charge in [0.2, 0.25) is 0 Å². The number of ether oxygens (including phenoxy) is 1. The number of nitrogens with zero attached hydrogens (tertiary/aromatic N) is 1. The van der Waals surface area contributed by atoms with Crippen LogP contribution in [0.4, 0.5) is 5.69 Å². The summed E-state index contributed by atoms with van der Waals surface area (Å²) in [5, 5.41) is 0. The van der Waals surface area contributed by atoms with E-state index in [4.69, 9.17) is 4.74 Å². The SMILES string of the molecule is Cc1ccc2c(c1)N(C)CC1(CC1)O2. The van der Waals surface area contributed by atoms with Crippen molar-refractivity contribution in [2.24, 2.45) is 0 Å². The summed E-state index contributed by atoms with van der Waals surface area (Å²) < 4.78 is 6.01. The molecule has 0 radical (unpaired) electrons. The van der Waals surface area contributed by atoms with Crippen molar-refractivity contribution in [3.05, 3.63) is 23.8 Å². The van der Waals surface area contributed by atoms with Crippen LogP contribution in [0.2, 0.25) is 0 Å². The Kier molecular flexibility index (Phi) is 1.42. The predicted octanol–water partition coefficient (Wildman–Crippen LogP) is 2.36. The molecule has 0 N–H and O–H groups in total. The minimum Gasteiger partial charge on any atom is -0.483 e. The number of anilines is 1. The first-order chi connectivity index (χ1) is 6.69. The Labute approximate surface area is 84.5 Å². The lowest BCUT2D eigenvalue weighted by atomic mass is 10.1. The Bertz CT molecular complexity index is 382. The third-order valence-electron chi connectivity index (χ3n) is 3.19. The minimum absolute atomic E-state index is 0.164. The Morgan fingerprint density at radius 2 is 2.14 bits per heavy atom. The molecule has 14 heavy (non-hydrogen) atoms. The molecule has 0 amide bonds. The third-order valence-corrected chi connectivity index (χ3v) is 3.19. The number of likely N-dealkylation sites (N-methyl/N-ethyl adjacent to an activating group) is 1. The highest BCUT2D eigenvalue weighted by Gasteiger charge is 2.49. The average molecular weight is 189 g/mol. The summed E-state index contributed by atoms with van der Waals surface area (Å²) in [6.45, 7) is 3.17. The van der Waals surface area contributed by atoms with E-state index in [1.807, 2.05) is 0 Å². The Morgan fingerprint density at radius 1 is 1.36 bits per heavy atom. The molecule has 2 nitrogen and oxygen atoms in total. The van der Waals surface area contributed by atoms with Crippen LogP contribution in [0, 0.1) is 6.92 Å². The number of hydrogen-bond acceptors (Lipinski definition) is 2. The second-order valence-corrected chi connectivity index (χ2v) is 4.61. The normalized spacial score (nSPS) is 21.7. The highest BCUT2D eigenvalue weighted by atomic mass is 16.5. The van der Waals surface area contributed by atoms with Gasteiger partial charge in [0, 0.05) is 7.05 Å². The maximum absolute atomic E-state index is 6.01. The molecule has 1 aromatic carbocycles. The van der Waals surface area contributed by atoms with E-state index in [0.29, 0.717) is 0 Å². The van der Waals surface area contributed by atoms with E-state index >= 15 is 0 Å². The summed E-state index contributed by atoms with van der Waals surface area (Å²) in [7, 11) is 2.15. The van der Waals surface area contributed by atoms with Crippen molar-refractivity contribution in [1.29, 1.82) is 0 Å². The van der Waals surface area contributed by atoms with Gasteiger partial charge in [-0.15, -0.1) is 0 Å². The van der Waals surface area contributed by atoms with Gasteiger partial charge >= 0.3 is 0 Å². The molecule has 1 heterocycles. The summed E-state index contributed by atoms with van der Waals surface area (Å²) in [5.74, 6) is 1.06. The lowest BCUT2D eigenvalue weighted by Crippen LogP contribution is -2.39. The Balaban J connectivity index is 2.06. The van der Waals surface area contributed by atoms with Gasteiger partial charge in [-0.3, -0.25) is 0 Å². The van der Waals surface area contributed by atoms with Crippen molar-refractivity contribution in [1.82, 2.24) is 0 Å². The summed E-state index contributed by atoms with van der Waals surface area (Å²) >= 11 is 0. The Morgan fingerprint density at radius 3 is 2.86 bits per heavy atom. The maximum atomic E-state index is 6.01. The van der Waals surface area contributed by atoms with Crippen molar-refractivity contribution < 1.29 is 4.74 Å². The monoisotopic (exact) mass is 189 g/mol. The zero-order valence-corrected chi connectivity index (χ0v) is 8.71. The third kappa shape index (κ3) is 1.10. The number of benzene rings is 1. The molecular weight excluding hydrogens is 174 g/mol. The van der Waals surface area contributed by atoms with Gasteiger partial charge in [0.05, 0.1) is 12.2 Å². The number of fused-ring (bicyclic) bond motifs is 1. The summed E-state index contributed by atoms with van der Waals surface area (Å²) in [6, 6.07) is 6.42. The number of rotatable bonds is 0. The molecular formula is C12H15NO. The fourth-order valence-corrected chi connectivity index (χ4v) is 2.19. The fourth-order valence-electron chi connectivity index (χ4n) is 2.19. The fraction of sp³-hybridized carbons (Fsp3) is 0.500. The molecule has 1 aliphatic carbocycles. The van der Waals surface area contributed by atoms with Crippen LogP contribution in [0.25, 0.3) is 0 Å². The molecule has 1 aliphatic heterocycles. The van der Waals surface area contributed by atoms with Gasteiger partial charge in [-0.05, 0) is 37.5 Å². The smallest absolute Gasteiger partial charge is 0.143 e. The number of hydrogen-bond donors (Lipinski definition) is 0. The number of aryl methyl sites for hydroxylation is 1. The molecule has 0 bridgehead atoms. The van der Waals surface area contributed by atoms with Gasteiger partial charge in [0.25, 0.3) is 0 Å². The van der Waals surface area contributed by atoms with E-state index in [9.17, 15) is 0 Å². The summed E-state index contributed by atoms with van der Waals surface area (Å²) in [5.41, 5.74) is 2.70. The lowest BCUT2D eigenvalue weighted by Gasteiger charge is -2.34. The molecule has 0 atom stereocenters. The van der Waals surface area contributed by atoms with Crippen molar-refractivity contribution in [2.45, 2.75) is 25.4 Å². The average Bonchev–Trinajstić information content (AvgIpc) is 2.87. The summed E-state index contributed by atoms with van der Waals surface area (Å²) in [6.07, 6.45) is 2.43. The van der Waals surface area contributed by atoms with Crippen molar-refractivity contribution >= 4 is 5.69 Å². The largest absolute Gasteiger partial charge is 0.483 e. The quantitative estimate of drug-likeness (QED) is 0.621. The second kappa shape index (κ2) is 2.44. The van der Waals surface area contributed by atoms with Crippen LogP contribution in [-0.4, -0.2) is 19.2 Å². The van der Waals surface area contributed by atoms with Crippen molar-refractivity contribution in [3.63, 3.8) is 0 Å². The lowest BCUT2D eigenvalue weighted by molar-refractivity contribution is 0.174. The van der Waals surface area contributed by atoms with E-state index in [-0.39, 0.29) is 5.60 Å². The highest BCUT2D eigenvalue weighted by Crippen LogP contribution is 2.47. The molecule has 2 heteroatoms. The van der Waals surface area contributed by atoms with Gasteiger partial charge in [-0.2, -0.15) is 0 Å². The highest BCUT2D eigenvalue weighted by molar-refractivity contribution is 5.62. The molecule has 0 unspecified atom stereocenters. The van der Waals surface area contributed by atoms with E-state index < -0.39 is 0 Å². The molecule has 0 saturated heterocycles. The van der Waals surface area contributed by atoms with Crippen LogP contribution in [0.3, 0.4) is 0 Å². The van der Waals surface area contributed by atoms with Crippen LogP contribution in [0.15, 0.2) is 18.2 Å². The minimum atomic E-state index is 0.164. The molecule has 1 fully saturated rings. The molecule has 1 spiro atoms. The standard InChI is InChI=1S/C12H15NO/c1-9-3-4-11-10(7-9)13(2)8-12(14-11)5-6-12/h3-4,7H,5-6,8H2,1-2H3. The van der Waals surface area contributed by atoms with Crippen LogP contribution in [-0.2, 0) is 0 Å². The molecule has 74 valence electrons. The van der Waals surface area contributed by atoms with Gasteiger partial charge in [-0.1, -0.05) is 6.07 Å². The first-order valence-corrected chi connectivity index (χ1v) is 5.19. The molecule has 0 aromatic heterocycles. The zero-order valence-electron chi connectivity index (χ0n) is 8.71. The zero-order chi connectivity index (χ0) is 9.76. The molecule has 3 rings (SSSR count). The van der Waals surface area contributed by atoms with Gasteiger partial charge in [0.15, 0.2) is 0 Å². The van der Waals surface area contributed by atoms with Gasteiger partial charge < -0.3 is 9.64 Å².